The molecular formula is C19H17Br2F6IN2Si. The van der Waals surface area contributed by atoms with E-state index in [4.69, 9.17) is 11.5 Å². The van der Waals surface area contributed by atoms with Crippen molar-refractivity contribution in [3.05, 3.63) is 53.5 Å². The van der Waals surface area contributed by atoms with Gasteiger partial charge in [-0.1, -0.05) is 25.6 Å². The first-order valence-corrected chi connectivity index (χ1v) is 14.5. The number of benzene rings is 2. The van der Waals surface area contributed by atoms with Crippen LogP contribution in [0.25, 0.3) is 0 Å². The zero-order chi connectivity index (χ0) is 24.4. The van der Waals surface area contributed by atoms with Crippen molar-refractivity contribution in [3.8, 4) is 11.5 Å². The number of hydrogen-bond donors (Lipinski definition) is 2. The van der Waals surface area contributed by atoms with Gasteiger partial charge in [0.25, 0.3) is 0 Å². The molecule has 12 heteroatoms. The normalized spacial score (nSPS) is 11.9. The molecule has 0 unspecified atom stereocenters. The molecule has 0 saturated heterocycles. The average molecular weight is 702 g/mol. The highest BCUT2D eigenvalue weighted by Gasteiger charge is 2.32. The maximum atomic E-state index is 12.5. The van der Waals surface area contributed by atoms with Crippen LogP contribution in [0.4, 0.5) is 37.7 Å². The lowest BCUT2D eigenvalue weighted by molar-refractivity contribution is -0.138. The van der Waals surface area contributed by atoms with E-state index in [1.807, 2.05) is 42.2 Å². The summed E-state index contributed by atoms with van der Waals surface area (Å²) in [4.78, 5) is 0. The first-order valence-electron chi connectivity index (χ1n) is 8.34. The molecule has 0 fully saturated rings. The molecule has 31 heavy (non-hydrogen) atoms. The molecule has 0 bridgehead atoms. The van der Waals surface area contributed by atoms with E-state index in [0.717, 1.165) is 24.3 Å². The van der Waals surface area contributed by atoms with Crippen LogP contribution >= 0.6 is 54.5 Å². The molecule has 2 aromatic rings. The van der Waals surface area contributed by atoms with Crippen LogP contribution in [0.2, 0.25) is 19.6 Å². The molecule has 0 aliphatic heterocycles. The van der Waals surface area contributed by atoms with Gasteiger partial charge >= 0.3 is 12.4 Å². The molecule has 2 nitrogen and oxygen atoms in total. The molecule has 0 atom stereocenters. The van der Waals surface area contributed by atoms with Crippen LogP contribution in [0.3, 0.4) is 0 Å². The van der Waals surface area contributed by atoms with Gasteiger partial charge in [0.1, 0.15) is 8.07 Å². The van der Waals surface area contributed by atoms with Crippen LogP contribution in [0, 0.1) is 15.0 Å². The molecule has 0 heterocycles. The summed E-state index contributed by atoms with van der Waals surface area (Å²) in [6.07, 6.45) is -8.75. The zero-order valence-electron chi connectivity index (χ0n) is 16.4. The number of nitrogens with two attached hydrogens (primary N) is 2. The number of halogens is 9. The topological polar surface area (TPSA) is 52.0 Å². The first-order chi connectivity index (χ1) is 13.8. The Balaban J connectivity index is 0.000000327. The van der Waals surface area contributed by atoms with Crippen molar-refractivity contribution in [1.29, 1.82) is 0 Å². The predicted molar refractivity (Wildman–Crippen MR) is 130 cm³/mol. The third-order valence-corrected chi connectivity index (χ3v) is 7.47. The Morgan fingerprint density at radius 2 is 1.23 bits per heavy atom. The van der Waals surface area contributed by atoms with Crippen molar-refractivity contribution in [2.24, 2.45) is 0 Å². The molecule has 0 radical (unpaired) electrons. The summed E-state index contributed by atoms with van der Waals surface area (Å²) in [7, 11) is -1.60. The summed E-state index contributed by atoms with van der Waals surface area (Å²) in [5.41, 5.74) is 13.2. The van der Waals surface area contributed by atoms with Crippen LogP contribution in [0.5, 0.6) is 0 Å². The van der Waals surface area contributed by atoms with E-state index in [0.29, 0.717) is 13.6 Å². The van der Waals surface area contributed by atoms with Crippen molar-refractivity contribution in [2.75, 3.05) is 11.5 Å². The summed E-state index contributed by atoms with van der Waals surface area (Å²) < 4.78 is 75.5. The van der Waals surface area contributed by atoms with Gasteiger partial charge in [0.15, 0.2) is 0 Å². The number of nitrogen functional groups attached to an aromatic ring is 2. The second-order valence-electron chi connectivity index (χ2n) is 7.28. The molecule has 0 aliphatic rings. The number of anilines is 2. The molecule has 2 aromatic carbocycles. The van der Waals surface area contributed by atoms with E-state index in [-0.39, 0.29) is 15.8 Å². The molecule has 170 valence electrons. The molecule has 4 N–H and O–H groups in total. The van der Waals surface area contributed by atoms with E-state index < -0.39 is 31.6 Å². The van der Waals surface area contributed by atoms with Crippen molar-refractivity contribution < 1.29 is 26.3 Å². The van der Waals surface area contributed by atoms with Crippen LogP contribution in [-0.4, -0.2) is 8.07 Å². The molecule has 0 aromatic heterocycles. The third kappa shape index (κ3) is 8.86. The highest BCUT2D eigenvalue weighted by Crippen LogP contribution is 2.36. The summed E-state index contributed by atoms with van der Waals surface area (Å²) in [6, 6.07) is 3.86. The van der Waals surface area contributed by atoms with Crippen molar-refractivity contribution in [2.45, 2.75) is 32.0 Å². The van der Waals surface area contributed by atoms with Gasteiger partial charge in [0, 0.05) is 20.3 Å². The van der Waals surface area contributed by atoms with Gasteiger partial charge in [-0.15, -0.1) is 5.54 Å². The van der Waals surface area contributed by atoms with E-state index in [1.165, 1.54) is 0 Å². The fourth-order valence-corrected chi connectivity index (χ4v) is 3.81. The minimum Gasteiger partial charge on any atom is -0.398 e. The monoisotopic (exact) mass is 700 g/mol. The van der Waals surface area contributed by atoms with Gasteiger partial charge in [0.2, 0.25) is 0 Å². The van der Waals surface area contributed by atoms with E-state index in [1.54, 1.807) is 0 Å². The minimum atomic E-state index is -4.40. The number of alkyl halides is 6. The average Bonchev–Trinajstić information content (AvgIpc) is 2.56. The Labute approximate surface area is 207 Å². The fourth-order valence-electron chi connectivity index (χ4n) is 1.95. The number of hydrogen-bond acceptors (Lipinski definition) is 2. The second kappa shape index (κ2) is 10.3. The quantitative estimate of drug-likeness (QED) is 0.0964. The molecule has 0 saturated carbocycles. The summed E-state index contributed by atoms with van der Waals surface area (Å²) >= 11 is 7.97. The van der Waals surface area contributed by atoms with Crippen LogP contribution in [-0.2, 0) is 12.4 Å². The largest absolute Gasteiger partial charge is 0.416 e. The van der Waals surface area contributed by atoms with E-state index in [2.05, 4.69) is 43.3 Å². The second-order valence-corrected chi connectivity index (χ2v) is 14.8. The maximum Gasteiger partial charge on any atom is 0.416 e. The Morgan fingerprint density at radius 3 is 1.58 bits per heavy atom. The van der Waals surface area contributed by atoms with Crippen molar-refractivity contribution in [1.82, 2.24) is 0 Å². The lowest BCUT2D eigenvalue weighted by Gasteiger charge is -2.10. The minimum absolute atomic E-state index is 0.0439. The Morgan fingerprint density at radius 1 is 0.806 bits per heavy atom. The van der Waals surface area contributed by atoms with Crippen LogP contribution in [0.1, 0.15) is 16.7 Å². The highest BCUT2D eigenvalue weighted by molar-refractivity contribution is 14.1. The predicted octanol–water partition coefficient (Wildman–Crippen LogP) is 7.93. The van der Waals surface area contributed by atoms with Gasteiger partial charge in [-0.3, -0.25) is 0 Å². The van der Waals surface area contributed by atoms with Crippen molar-refractivity contribution in [3.63, 3.8) is 0 Å². The zero-order valence-corrected chi connectivity index (χ0v) is 22.7. The molecular weight excluding hydrogens is 685 g/mol. The molecule has 0 aliphatic carbocycles. The summed E-state index contributed by atoms with van der Waals surface area (Å²) in [5, 5.41) is 0. The van der Waals surface area contributed by atoms with E-state index in [9.17, 15) is 26.3 Å². The fraction of sp³-hybridized carbons (Fsp3) is 0.263. The Hall–Kier alpha value is -0.913. The SMILES string of the molecule is C[Si](C)(C)C#Cc1c(N)cc(C(F)(F)F)cc1Br.Nc1cc(C(F)(F)F)cc(Br)c1I. The lowest BCUT2D eigenvalue weighted by atomic mass is 10.1. The molecule has 2 rings (SSSR count). The Bertz CT molecular complexity index is 975. The van der Waals surface area contributed by atoms with E-state index >= 15 is 0 Å². The van der Waals surface area contributed by atoms with Gasteiger partial charge in [-0.25, -0.2) is 0 Å². The van der Waals surface area contributed by atoms with Gasteiger partial charge in [0.05, 0.1) is 20.3 Å². The van der Waals surface area contributed by atoms with Gasteiger partial charge in [-0.05, 0) is 78.7 Å². The van der Waals surface area contributed by atoms with Crippen LogP contribution in [0.15, 0.2) is 33.2 Å². The summed E-state index contributed by atoms with van der Waals surface area (Å²) in [5.74, 6) is 2.87. The smallest absolute Gasteiger partial charge is 0.398 e. The standard InChI is InChI=1S/C12H13BrF3NSi.C7H4BrF3IN/c1-18(2,3)5-4-9-10(13)6-8(7-11(9)17)12(14,15)16;8-4-1-3(7(9,10)11)2-5(13)6(4)12/h6-7H,17H2,1-3H3;1-2H,13H2. The summed E-state index contributed by atoms with van der Waals surface area (Å²) in [6.45, 7) is 6.15. The van der Waals surface area contributed by atoms with Crippen molar-refractivity contribution >= 4 is 73.9 Å². The third-order valence-electron chi connectivity index (χ3n) is 3.39. The maximum absolute atomic E-state index is 12.5. The Kier molecular flexibility index (Phi) is 9.39. The highest BCUT2D eigenvalue weighted by atomic mass is 127. The van der Waals surface area contributed by atoms with Gasteiger partial charge in [-0.2, -0.15) is 26.3 Å². The first kappa shape index (κ1) is 28.1. The van der Waals surface area contributed by atoms with Crippen LogP contribution < -0.4 is 11.5 Å². The lowest BCUT2D eigenvalue weighted by Crippen LogP contribution is -2.16. The molecule has 0 amide bonds. The molecule has 0 spiro atoms. The number of rotatable bonds is 0. The van der Waals surface area contributed by atoms with Gasteiger partial charge < -0.3 is 11.5 Å².